The number of fused-ring (bicyclic) bond motifs is 1. The summed E-state index contributed by atoms with van der Waals surface area (Å²) < 4.78 is 5.24. The molecule has 98 valence electrons. The van der Waals surface area contributed by atoms with Crippen LogP contribution in [-0.4, -0.2) is 18.4 Å². The van der Waals surface area contributed by atoms with Crippen LogP contribution in [0.3, 0.4) is 0 Å². The topological polar surface area (TPSA) is 96.4 Å². The molecule has 1 aromatic carbocycles. The van der Waals surface area contributed by atoms with Crippen LogP contribution in [0.1, 0.15) is 13.3 Å². The van der Waals surface area contributed by atoms with Gasteiger partial charge >= 0.3 is 0 Å². The van der Waals surface area contributed by atoms with Crippen molar-refractivity contribution in [3.63, 3.8) is 0 Å². The zero-order chi connectivity index (χ0) is 14.0. The van der Waals surface area contributed by atoms with E-state index in [1.54, 1.807) is 19.1 Å². The van der Waals surface area contributed by atoms with Gasteiger partial charge in [-0.05, 0) is 24.6 Å². The van der Waals surface area contributed by atoms with Gasteiger partial charge in [-0.15, -0.1) is 0 Å². The highest BCUT2D eigenvalue weighted by atomic mass is 16.5. The van der Waals surface area contributed by atoms with Crippen molar-refractivity contribution in [2.45, 2.75) is 13.3 Å². The van der Waals surface area contributed by atoms with Gasteiger partial charge in [-0.3, -0.25) is 9.59 Å². The maximum Gasteiger partial charge on any atom is 0.271 e. The average Bonchev–Trinajstić information content (AvgIpc) is 2.39. The van der Waals surface area contributed by atoms with Crippen molar-refractivity contribution in [3.8, 4) is 11.8 Å². The Balaban J connectivity index is 2.46. The summed E-state index contributed by atoms with van der Waals surface area (Å²) in [6.07, 6.45) is 0.345. The van der Waals surface area contributed by atoms with Gasteiger partial charge in [-0.2, -0.15) is 5.26 Å². The minimum absolute atomic E-state index is 0.218. The Labute approximate surface area is 110 Å². The van der Waals surface area contributed by atoms with Gasteiger partial charge in [0.25, 0.3) is 11.8 Å². The summed E-state index contributed by atoms with van der Waals surface area (Å²) in [5, 5.41) is 8.95. The van der Waals surface area contributed by atoms with Crippen molar-refractivity contribution in [1.29, 1.82) is 5.26 Å². The lowest BCUT2D eigenvalue weighted by Gasteiger charge is -2.29. The van der Waals surface area contributed by atoms with Crippen molar-refractivity contribution in [2.75, 3.05) is 17.2 Å². The van der Waals surface area contributed by atoms with Gasteiger partial charge in [0.05, 0.1) is 11.8 Å². The summed E-state index contributed by atoms with van der Waals surface area (Å²) in [6, 6.07) is 6.62. The molecule has 1 aliphatic rings. The molecule has 0 saturated carbocycles. The fourth-order valence-electron chi connectivity index (χ4n) is 1.89. The van der Waals surface area contributed by atoms with Crippen LogP contribution in [0.4, 0.5) is 11.4 Å². The number of hydrogen-bond donors (Lipinski definition) is 1. The minimum atomic E-state index is -0.851. The van der Waals surface area contributed by atoms with Crippen LogP contribution in [0.25, 0.3) is 0 Å². The molecule has 1 atom stereocenters. The lowest BCUT2D eigenvalue weighted by molar-refractivity contribution is -0.129. The molecule has 1 heterocycles. The van der Waals surface area contributed by atoms with Crippen LogP contribution in [0, 0.1) is 17.2 Å². The summed E-state index contributed by atoms with van der Waals surface area (Å²) in [4.78, 5) is 25.1. The third-order valence-electron chi connectivity index (χ3n) is 2.91. The first-order valence-electron chi connectivity index (χ1n) is 5.87. The molecule has 2 amide bonds. The molecule has 0 aliphatic carbocycles. The van der Waals surface area contributed by atoms with E-state index in [0.717, 1.165) is 4.90 Å². The van der Waals surface area contributed by atoms with E-state index in [0.29, 0.717) is 23.5 Å². The summed E-state index contributed by atoms with van der Waals surface area (Å²) in [5.74, 6) is -1.46. The molecule has 0 saturated heterocycles. The van der Waals surface area contributed by atoms with Crippen LogP contribution in [-0.2, 0) is 9.59 Å². The lowest BCUT2D eigenvalue weighted by atomic mass is 10.1. The predicted molar refractivity (Wildman–Crippen MR) is 68.2 cm³/mol. The molecule has 2 N–H and O–H groups in total. The van der Waals surface area contributed by atoms with Gasteiger partial charge in [0, 0.05) is 5.69 Å². The second-order valence-corrected chi connectivity index (χ2v) is 4.17. The Bertz CT molecular complexity index is 577. The second kappa shape index (κ2) is 4.98. The molecule has 19 heavy (non-hydrogen) atoms. The van der Waals surface area contributed by atoms with Gasteiger partial charge in [-0.1, -0.05) is 6.92 Å². The zero-order valence-corrected chi connectivity index (χ0v) is 10.4. The summed E-state index contributed by atoms with van der Waals surface area (Å²) in [5.41, 5.74) is 6.38. The third kappa shape index (κ3) is 2.22. The third-order valence-corrected chi connectivity index (χ3v) is 2.91. The highest BCUT2D eigenvalue weighted by Crippen LogP contribution is 2.34. The molecule has 6 heteroatoms. The predicted octanol–water partition coefficient (Wildman–Crippen LogP) is 1.07. The summed E-state index contributed by atoms with van der Waals surface area (Å²) in [6.45, 7) is 1.50. The fourth-order valence-corrected chi connectivity index (χ4v) is 1.89. The molecular formula is C13H13N3O3. The first-order chi connectivity index (χ1) is 9.08. The first-order valence-corrected chi connectivity index (χ1v) is 5.87. The Hall–Kier alpha value is -2.55. The largest absolute Gasteiger partial charge is 0.482 e. The number of carbonyl (C=O) groups is 2. The number of carbonyl (C=O) groups excluding carboxylic acids is 2. The Kier molecular flexibility index (Phi) is 3.38. The van der Waals surface area contributed by atoms with Gasteiger partial charge in [0.2, 0.25) is 0 Å². The SMILES string of the molecule is CCC(C#N)C(=O)N1C(=O)COc2ccc(N)cc21. The summed E-state index contributed by atoms with van der Waals surface area (Å²) in [7, 11) is 0. The van der Waals surface area contributed by atoms with Crippen LogP contribution >= 0.6 is 0 Å². The number of ether oxygens (including phenoxy) is 1. The van der Waals surface area contributed by atoms with E-state index in [1.165, 1.54) is 6.07 Å². The smallest absolute Gasteiger partial charge is 0.271 e. The molecule has 2 rings (SSSR count). The van der Waals surface area contributed by atoms with Gasteiger partial charge in [-0.25, -0.2) is 4.90 Å². The van der Waals surface area contributed by atoms with Crippen LogP contribution in [0.5, 0.6) is 5.75 Å². The molecule has 6 nitrogen and oxygen atoms in total. The van der Waals surface area contributed by atoms with Crippen molar-refractivity contribution in [3.05, 3.63) is 18.2 Å². The fraction of sp³-hybridized carbons (Fsp3) is 0.308. The maximum absolute atomic E-state index is 12.2. The monoisotopic (exact) mass is 259 g/mol. The second-order valence-electron chi connectivity index (χ2n) is 4.17. The maximum atomic E-state index is 12.2. The average molecular weight is 259 g/mol. The van der Waals surface area contributed by atoms with Crippen molar-refractivity contribution >= 4 is 23.2 Å². The standard InChI is InChI=1S/C13H13N3O3/c1-2-8(6-14)13(18)16-10-5-9(15)3-4-11(10)19-7-12(16)17/h3-5,8H,2,7,15H2,1H3. The van der Waals surface area contributed by atoms with Crippen molar-refractivity contribution < 1.29 is 14.3 Å². The highest BCUT2D eigenvalue weighted by Gasteiger charge is 2.34. The molecule has 0 bridgehead atoms. The van der Waals surface area contributed by atoms with E-state index < -0.39 is 17.7 Å². The lowest BCUT2D eigenvalue weighted by Crippen LogP contribution is -2.45. The number of rotatable bonds is 2. The molecule has 1 aliphatic heterocycles. The van der Waals surface area contributed by atoms with Gasteiger partial charge in [0.15, 0.2) is 6.61 Å². The molecule has 0 spiro atoms. The summed E-state index contributed by atoms with van der Waals surface area (Å²) >= 11 is 0. The number of nitrogen functional groups attached to an aromatic ring is 1. The van der Waals surface area contributed by atoms with Crippen LogP contribution < -0.4 is 15.4 Å². The highest BCUT2D eigenvalue weighted by molar-refractivity contribution is 6.18. The normalized spacial score (nSPS) is 15.2. The Morgan fingerprint density at radius 2 is 2.37 bits per heavy atom. The first kappa shape index (κ1) is 12.9. The van der Waals surface area contributed by atoms with Crippen molar-refractivity contribution in [2.24, 2.45) is 5.92 Å². The molecule has 0 aromatic heterocycles. The van der Waals surface area contributed by atoms with Crippen LogP contribution in [0.2, 0.25) is 0 Å². The minimum Gasteiger partial charge on any atom is -0.482 e. The van der Waals surface area contributed by atoms with E-state index >= 15 is 0 Å². The number of nitriles is 1. The quantitative estimate of drug-likeness (QED) is 0.801. The van der Waals surface area contributed by atoms with Crippen LogP contribution in [0.15, 0.2) is 18.2 Å². The number of hydrogen-bond acceptors (Lipinski definition) is 5. The number of imide groups is 1. The number of benzene rings is 1. The molecule has 1 unspecified atom stereocenters. The number of nitrogens with zero attached hydrogens (tertiary/aromatic N) is 2. The van der Waals surface area contributed by atoms with Gasteiger partial charge in [0.1, 0.15) is 11.7 Å². The van der Waals surface area contributed by atoms with Gasteiger partial charge < -0.3 is 10.5 Å². The van der Waals surface area contributed by atoms with E-state index in [-0.39, 0.29) is 6.61 Å². The zero-order valence-electron chi connectivity index (χ0n) is 10.4. The number of amides is 2. The van der Waals surface area contributed by atoms with E-state index in [9.17, 15) is 9.59 Å². The number of anilines is 2. The molecular weight excluding hydrogens is 246 g/mol. The van der Waals surface area contributed by atoms with Crippen molar-refractivity contribution in [1.82, 2.24) is 0 Å². The number of nitrogens with two attached hydrogens (primary N) is 1. The van der Waals surface area contributed by atoms with E-state index in [1.807, 2.05) is 6.07 Å². The Morgan fingerprint density at radius 3 is 3.00 bits per heavy atom. The molecule has 0 radical (unpaired) electrons. The van der Waals surface area contributed by atoms with E-state index in [4.69, 9.17) is 15.7 Å². The Morgan fingerprint density at radius 1 is 1.63 bits per heavy atom. The molecule has 0 fully saturated rings. The van der Waals surface area contributed by atoms with E-state index in [2.05, 4.69) is 0 Å². The molecule has 1 aromatic rings.